The van der Waals surface area contributed by atoms with Gasteiger partial charge in [-0.1, -0.05) is 48.5 Å². The predicted molar refractivity (Wildman–Crippen MR) is 117 cm³/mol. The van der Waals surface area contributed by atoms with Crippen molar-refractivity contribution in [2.45, 2.75) is 38.3 Å². The highest BCUT2D eigenvalue weighted by Crippen LogP contribution is 2.29. The van der Waals surface area contributed by atoms with Crippen molar-refractivity contribution in [3.63, 3.8) is 0 Å². The van der Waals surface area contributed by atoms with E-state index in [-0.39, 0.29) is 11.9 Å². The van der Waals surface area contributed by atoms with E-state index >= 15 is 0 Å². The van der Waals surface area contributed by atoms with Crippen LogP contribution in [-0.4, -0.2) is 12.0 Å². The van der Waals surface area contributed by atoms with Crippen LogP contribution in [0.3, 0.4) is 0 Å². The highest BCUT2D eigenvalue weighted by Gasteiger charge is 2.24. The number of ether oxygens (including phenoxy) is 1. The minimum atomic E-state index is -0.583. The van der Waals surface area contributed by atoms with Gasteiger partial charge in [0.05, 0.1) is 17.7 Å². The molecule has 0 bridgehead atoms. The van der Waals surface area contributed by atoms with Gasteiger partial charge in [-0.2, -0.15) is 5.26 Å². The first-order valence-corrected chi connectivity index (χ1v) is 10.3. The van der Waals surface area contributed by atoms with Gasteiger partial charge in [-0.15, -0.1) is 0 Å². The van der Waals surface area contributed by atoms with Crippen molar-refractivity contribution < 1.29 is 9.53 Å². The van der Waals surface area contributed by atoms with E-state index in [1.165, 1.54) is 11.1 Å². The number of nitriles is 1. The molecule has 3 aromatic rings. The molecule has 0 saturated heterocycles. The number of carbonyl (C=O) groups excluding carboxylic acids is 1. The third-order valence-electron chi connectivity index (χ3n) is 5.57. The molecule has 1 amide bonds. The fourth-order valence-electron chi connectivity index (χ4n) is 3.91. The van der Waals surface area contributed by atoms with Crippen LogP contribution in [0.2, 0.25) is 0 Å². The Kier molecular flexibility index (Phi) is 5.81. The smallest absolute Gasteiger partial charge is 0.261 e. The molecule has 1 N–H and O–H groups in total. The molecule has 4 heteroatoms. The molecule has 0 unspecified atom stereocenters. The quantitative estimate of drug-likeness (QED) is 0.646. The first-order valence-electron chi connectivity index (χ1n) is 10.3. The lowest BCUT2D eigenvalue weighted by atomic mass is 9.87. The van der Waals surface area contributed by atoms with Crippen LogP contribution in [0.5, 0.6) is 5.75 Å². The van der Waals surface area contributed by atoms with Gasteiger partial charge in [0.25, 0.3) is 5.91 Å². The third kappa shape index (κ3) is 4.36. The molecular weight excluding hydrogens is 372 g/mol. The van der Waals surface area contributed by atoms with Gasteiger partial charge in [0.2, 0.25) is 0 Å². The molecule has 0 saturated carbocycles. The van der Waals surface area contributed by atoms with Crippen molar-refractivity contribution in [3.05, 3.63) is 89.5 Å². The number of hydrogen-bond acceptors (Lipinski definition) is 3. The van der Waals surface area contributed by atoms with E-state index in [2.05, 4.69) is 29.6 Å². The average molecular weight is 396 g/mol. The van der Waals surface area contributed by atoms with Crippen molar-refractivity contribution in [3.8, 4) is 22.9 Å². The van der Waals surface area contributed by atoms with Crippen LogP contribution in [0.15, 0.2) is 72.8 Å². The van der Waals surface area contributed by atoms with Gasteiger partial charge in [-0.3, -0.25) is 4.79 Å². The Morgan fingerprint density at radius 3 is 2.40 bits per heavy atom. The van der Waals surface area contributed by atoms with Crippen molar-refractivity contribution in [1.82, 2.24) is 5.32 Å². The third-order valence-corrected chi connectivity index (χ3v) is 5.57. The molecule has 0 aromatic heterocycles. The Hall–Kier alpha value is -3.58. The zero-order chi connectivity index (χ0) is 20.9. The molecule has 30 heavy (non-hydrogen) atoms. The summed E-state index contributed by atoms with van der Waals surface area (Å²) in [6.07, 6.45) is 2.52. The number of benzene rings is 3. The van der Waals surface area contributed by atoms with Crippen LogP contribution < -0.4 is 10.1 Å². The van der Waals surface area contributed by atoms with Crippen LogP contribution in [0.4, 0.5) is 0 Å². The molecular formula is C26H24N2O2. The Bertz CT molecular complexity index is 1070. The molecule has 4 nitrogen and oxygen atoms in total. The van der Waals surface area contributed by atoms with Crippen LogP contribution in [0, 0.1) is 11.3 Å². The Morgan fingerprint density at radius 2 is 1.70 bits per heavy atom. The highest BCUT2D eigenvalue weighted by molar-refractivity contribution is 5.81. The maximum Gasteiger partial charge on any atom is 0.261 e. The minimum absolute atomic E-state index is 0.0484. The van der Waals surface area contributed by atoms with E-state index in [1.807, 2.05) is 42.5 Å². The molecule has 0 aliphatic heterocycles. The van der Waals surface area contributed by atoms with Gasteiger partial charge in [-0.05, 0) is 72.7 Å². The SMILES string of the molecule is C[C@@H](Oc1ccc(-c2ccc(C#N)cc2)cc1)C(=O)N[C@H]1CCCc2ccccc21. The monoisotopic (exact) mass is 396 g/mol. The predicted octanol–water partition coefficient (Wildman–Crippen LogP) is 5.19. The van der Waals surface area contributed by atoms with Gasteiger partial charge in [-0.25, -0.2) is 0 Å². The van der Waals surface area contributed by atoms with Gasteiger partial charge in [0.15, 0.2) is 6.10 Å². The molecule has 2 atom stereocenters. The van der Waals surface area contributed by atoms with Crippen LogP contribution in [0.25, 0.3) is 11.1 Å². The summed E-state index contributed by atoms with van der Waals surface area (Å²) < 4.78 is 5.88. The number of aryl methyl sites for hydroxylation is 1. The number of hydrogen-bond donors (Lipinski definition) is 1. The van der Waals surface area contributed by atoms with Crippen molar-refractivity contribution in [1.29, 1.82) is 5.26 Å². The Balaban J connectivity index is 1.38. The summed E-state index contributed by atoms with van der Waals surface area (Å²) in [5.74, 6) is 0.548. The summed E-state index contributed by atoms with van der Waals surface area (Å²) in [6.45, 7) is 1.78. The zero-order valence-corrected chi connectivity index (χ0v) is 17.0. The fraction of sp³-hybridized carbons (Fsp3) is 0.231. The van der Waals surface area contributed by atoms with Gasteiger partial charge >= 0.3 is 0 Å². The lowest BCUT2D eigenvalue weighted by Crippen LogP contribution is -2.39. The second kappa shape index (κ2) is 8.84. The average Bonchev–Trinajstić information content (AvgIpc) is 2.80. The fourth-order valence-corrected chi connectivity index (χ4v) is 3.91. The van der Waals surface area contributed by atoms with Crippen LogP contribution in [-0.2, 0) is 11.2 Å². The molecule has 0 spiro atoms. The van der Waals surface area contributed by atoms with Gasteiger partial charge in [0, 0.05) is 0 Å². The lowest BCUT2D eigenvalue weighted by Gasteiger charge is -2.27. The molecule has 1 aliphatic carbocycles. The number of fused-ring (bicyclic) bond motifs is 1. The first kappa shape index (κ1) is 19.7. The molecule has 0 radical (unpaired) electrons. The maximum absolute atomic E-state index is 12.7. The van der Waals surface area contributed by atoms with E-state index in [1.54, 1.807) is 19.1 Å². The first-order chi connectivity index (χ1) is 14.6. The van der Waals surface area contributed by atoms with Crippen LogP contribution >= 0.6 is 0 Å². The van der Waals surface area contributed by atoms with Crippen LogP contribution in [0.1, 0.15) is 42.5 Å². The number of nitrogens with one attached hydrogen (secondary N) is 1. The van der Waals surface area contributed by atoms with E-state index < -0.39 is 6.10 Å². The lowest BCUT2D eigenvalue weighted by molar-refractivity contribution is -0.128. The Labute approximate surface area is 177 Å². The highest BCUT2D eigenvalue weighted by atomic mass is 16.5. The van der Waals surface area contributed by atoms with E-state index in [9.17, 15) is 4.79 Å². The standard InChI is InChI=1S/C26H24N2O2/c1-18(26(29)28-25-8-4-6-22-5-2-3-7-24(22)25)30-23-15-13-21(14-16-23)20-11-9-19(17-27)10-12-20/h2-3,5,7,9-16,18,25H,4,6,8H2,1H3,(H,28,29)/t18-,25+/m1/s1. The summed E-state index contributed by atoms with van der Waals surface area (Å²) in [5.41, 5.74) is 5.24. The van der Waals surface area contributed by atoms with E-state index in [4.69, 9.17) is 10.00 Å². The number of amides is 1. The summed E-state index contributed by atoms with van der Waals surface area (Å²) in [4.78, 5) is 12.7. The molecule has 150 valence electrons. The number of rotatable bonds is 5. The minimum Gasteiger partial charge on any atom is -0.481 e. The molecule has 4 rings (SSSR count). The van der Waals surface area contributed by atoms with Gasteiger partial charge < -0.3 is 10.1 Å². The summed E-state index contributed by atoms with van der Waals surface area (Å²) in [7, 11) is 0. The summed E-state index contributed by atoms with van der Waals surface area (Å²) >= 11 is 0. The van der Waals surface area contributed by atoms with Crippen molar-refractivity contribution in [2.24, 2.45) is 0 Å². The van der Waals surface area contributed by atoms with E-state index in [0.29, 0.717) is 11.3 Å². The van der Waals surface area contributed by atoms with Gasteiger partial charge in [0.1, 0.15) is 5.75 Å². The second-order valence-electron chi connectivity index (χ2n) is 7.63. The molecule has 1 aliphatic rings. The van der Waals surface area contributed by atoms with E-state index in [0.717, 1.165) is 30.4 Å². The van der Waals surface area contributed by atoms with Crippen molar-refractivity contribution in [2.75, 3.05) is 0 Å². The molecule has 3 aromatic carbocycles. The number of nitrogens with zero attached hydrogens (tertiary/aromatic N) is 1. The Morgan fingerprint density at radius 1 is 1.03 bits per heavy atom. The summed E-state index contributed by atoms with van der Waals surface area (Å²) in [5, 5.41) is 12.1. The number of carbonyl (C=O) groups is 1. The largest absolute Gasteiger partial charge is 0.481 e. The normalized spacial score (nSPS) is 16.1. The summed E-state index contributed by atoms with van der Waals surface area (Å²) in [6, 6.07) is 25.6. The van der Waals surface area contributed by atoms with Crippen molar-refractivity contribution >= 4 is 5.91 Å². The molecule has 0 heterocycles. The zero-order valence-electron chi connectivity index (χ0n) is 17.0. The topological polar surface area (TPSA) is 62.1 Å². The molecule has 0 fully saturated rings. The maximum atomic E-state index is 12.7. The second-order valence-corrected chi connectivity index (χ2v) is 7.63.